The molecule has 0 radical (unpaired) electrons. The van der Waals surface area contributed by atoms with Crippen LogP contribution in [0.2, 0.25) is 0 Å². The number of hydrogen-bond donors (Lipinski definition) is 0. The van der Waals surface area contributed by atoms with E-state index in [1.165, 1.54) is 23.5 Å². The van der Waals surface area contributed by atoms with E-state index in [9.17, 15) is 17.6 Å². The fourth-order valence-electron chi connectivity index (χ4n) is 2.44. The van der Waals surface area contributed by atoms with E-state index < -0.39 is 15.8 Å². The van der Waals surface area contributed by atoms with Crippen LogP contribution < -0.4 is 0 Å². The third-order valence-corrected chi connectivity index (χ3v) is 5.87. The Morgan fingerprint density at radius 3 is 2.35 bits per heavy atom. The summed E-state index contributed by atoms with van der Waals surface area (Å²) in [6, 6.07) is 8.33. The second-order valence-electron chi connectivity index (χ2n) is 6.15. The van der Waals surface area contributed by atoms with Gasteiger partial charge >= 0.3 is 0 Å². The van der Waals surface area contributed by atoms with Crippen molar-refractivity contribution in [2.24, 2.45) is 0 Å². The number of halogens is 1. The quantitative estimate of drug-likeness (QED) is 0.704. The SMILES string of the molecule is Cc1ccc(CN(C)C(=O)CCCN(C)S(=O)(=O)c2ccc(F)cc2)o1. The predicted octanol–water partition coefficient (Wildman–Crippen LogP) is 2.79. The molecule has 0 atom stereocenters. The number of amides is 1. The number of furan rings is 1. The molecule has 0 saturated carbocycles. The number of benzene rings is 1. The highest BCUT2D eigenvalue weighted by atomic mass is 32.2. The van der Waals surface area contributed by atoms with Crippen molar-refractivity contribution >= 4 is 15.9 Å². The third-order valence-electron chi connectivity index (χ3n) is 4.00. The van der Waals surface area contributed by atoms with Gasteiger partial charge in [0.2, 0.25) is 15.9 Å². The zero-order valence-corrected chi connectivity index (χ0v) is 15.9. The Kier molecular flexibility index (Phi) is 6.55. The highest BCUT2D eigenvalue weighted by molar-refractivity contribution is 7.89. The van der Waals surface area contributed by atoms with Crippen molar-refractivity contribution in [2.45, 2.75) is 31.2 Å². The summed E-state index contributed by atoms with van der Waals surface area (Å²) in [4.78, 5) is 13.7. The number of sulfonamides is 1. The summed E-state index contributed by atoms with van der Waals surface area (Å²) in [5.41, 5.74) is 0. The van der Waals surface area contributed by atoms with Gasteiger partial charge in [-0.1, -0.05) is 0 Å². The van der Waals surface area contributed by atoms with Gasteiger partial charge in [-0.2, -0.15) is 0 Å². The van der Waals surface area contributed by atoms with Crippen molar-refractivity contribution in [3.63, 3.8) is 0 Å². The molecule has 0 saturated heterocycles. The van der Waals surface area contributed by atoms with Gasteiger partial charge in [-0.3, -0.25) is 4.79 Å². The van der Waals surface area contributed by atoms with E-state index in [4.69, 9.17) is 4.42 Å². The molecule has 0 N–H and O–H groups in total. The molecule has 1 heterocycles. The first-order chi connectivity index (χ1) is 12.2. The number of hydrogen-bond acceptors (Lipinski definition) is 4. The second kappa shape index (κ2) is 8.46. The van der Waals surface area contributed by atoms with Crippen LogP contribution >= 0.6 is 0 Å². The molecule has 8 heteroatoms. The average molecular weight is 382 g/mol. The van der Waals surface area contributed by atoms with Crippen LogP contribution in [-0.2, 0) is 21.4 Å². The summed E-state index contributed by atoms with van der Waals surface area (Å²) in [5.74, 6) is 0.904. The second-order valence-corrected chi connectivity index (χ2v) is 8.19. The van der Waals surface area contributed by atoms with Crippen LogP contribution in [0.15, 0.2) is 45.7 Å². The average Bonchev–Trinajstić information content (AvgIpc) is 2.99. The zero-order valence-electron chi connectivity index (χ0n) is 15.1. The van der Waals surface area contributed by atoms with Crippen LogP contribution in [0.4, 0.5) is 4.39 Å². The molecule has 0 aliphatic carbocycles. The van der Waals surface area contributed by atoms with Gasteiger partial charge in [-0.05, 0) is 49.7 Å². The van der Waals surface area contributed by atoms with Crippen LogP contribution in [0.3, 0.4) is 0 Å². The molecule has 6 nitrogen and oxygen atoms in total. The fraction of sp³-hybridized carbons (Fsp3) is 0.389. The van der Waals surface area contributed by atoms with Gasteiger partial charge < -0.3 is 9.32 Å². The Morgan fingerprint density at radius 1 is 1.12 bits per heavy atom. The Hall–Kier alpha value is -2.19. The molecule has 26 heavy (non-hydrogen) atoms. The van der Waals surface area contributed by atoms with Gasteiger partial charge in [0.25, 0.3) is 0 Å². The first-order valence-corrected chi connectivity index (χ1v) is 9.65. The van der Waals surface area contributed by atoms with E-state index in [2.05, 4.69) is 0 Å². The number of carbonyl (C=O) groups excluding carboxylic acids is 1. The minimum atomic E-state index is -3.69. The maximum Gasteiger partial charge on any atom is 0.242 e. The van der Waals surface area contributed by atoms with Gasteiger partial charge in [-0.15, -0.1) is 0 Å². The summed E-state index contributed by atoms with van der Waals surface area (Å²) < 4.78 is 44.3. The molecule has 1 aromatic heterocycles. The molecular formula is C18H23FN2O4S. The van der Waals surface area contributed by atoms with Crippen molar-refractivity contribution in [3.8, 4) is 0 Å². The minimum Gasteiger partial charge on any atom is -0.464 e. The number of aryl methyl sites for hydroxylation is 1. The summed E-state index contributed by atoms with van der Waals surface area (Å²) in [6.07, 6.45) is 0.608. The molecule has 0 aliphatic heterocycles. The molecule has 2 aromatic rings. The Morgan fingerprint density at radius 2 is 1.77 bits per heavy atom. The summed E-state index contributed by atoms with van der Waals surface area (Å²) >= 11 is 0. The van der Waals surface area contributed by atoms with Crippen molar-refractivity contribution in [1.29, 1.82) is 0 Å². The van der Waals surface area contributed by atoms with E-state index in [-0.39, 0.29) is 23.8 Å². The standard InChI is InChI=1S/C18H23FN2O4S/c1-14-6-9-16(25-14)13-20(2)18(22)5-4-12-21(3)26(23,24)17-10-7-15(19)8-11-17/h6-11H,4-5,12-13H2,1-3H3. The maximum atomic E-state index is 12.9. The molecule has 1 amide bonds. The lowest BCUT2D eigenvalue weighted by Gasteiger charge is -2.19. The van der Waals surface area contributed by atoms with Gasteiger partial charge in [0, 0.05) is 27.1 Å². The smallest absolute Gasteiger partial charge is 0.242 e. The maximum absolute atomic E-state index is 12.9. The Balaban J connectivity index is 1.84. The van der Waals surface area contributed by atoms with E-state index in [1.54, 1.807) is 11.9 Å². The number of rotatable bonds is 8. The van der Waals surface area contributed by atoms with Gasteiger partial charge in [0.15, 0.2) is 0 Å². The van der Waals surface area contributed by atoms with E-state index in [0.29, 0.717) is 18.7 Å². The molecule has 2 rings (SSSR count). The minimum absolute atomic E-state index is 0.0260. The molecular weight excluding hydrogens is 359 g/mol. The van der Waals surface area contributed by atoms with Gasteiger partial charge in [0.1, 0.15) is 17.3 Å². The molecule has 142 valence electrons. The van der Waals surface area contributed by atoms with Gasteiger partial charge in [0.05, 0.1) is 11.4 Å². The molecule has 0 aliphatic rings. The lowest BCUT2D eigenvalue weighted by atomic mass is 10.2. The highest BCUT2D eigenvalue weighted by Crippen LogP contribution is 2.16. The lowest BCUT2D eigenvalue weighted by molar-refractivity contribution is -0.130. The Bertz CT molecular complexity index is 846. The molecule has 0 unspecified atom stereocenters. The molecule has 0 bridgehead atoms. The van der Waals surface area contributed by atoms with Crippen molar-refractivity contribution in [3.05, 3.63) is 53.7 Å². The summed E-state index contributed by atoms with van der Waals surface area (Å²) in [7, 11) is -0.570. The summed E-state index contributed by atoms with van der Waals surface area (Å²) in [6.45, 7) is 2.40. The van der Waals surface area contributed by atoms with Crippen LogP contribution in [0.25, 0.3) is 0 Å². The summed E-state index contributed by atoms with van der Waals surface area (Å²) in [5, 5.41) is 0. The van der Waals surface area contributed by atoms with E-state index in [0.717, 1.165) is 17.9 Å². The first-order valence-electron chi connectivity index (χ1n) is 8.21. The lowest BCUT2D eigenvalue weighted by Crippen LogP contribution is -2.30. The predicted molar refractivity (Wildman–Crippen MR) is 95.4 cm³/mol. The number of carbonyl (C=O) groups is 1. The molecule has 0 spiro atoms. The highest BCUT2D eigenvalue weighted by Gasteiger charge is 2.21. The van der Waals surface area contributed by atoms with Crippen LogP contribution in [0, 0.1) is 12.7 Å². The van der Waals surface area contributed by atoms with Crippen molar-refractivity contribution in [2.75, 3.05) is 20.6 Å². The first kappa shape index (κ1) is 20.1. The monoisotopic (exact) mass is 382 g/mol. The van der Waals surface area contributed by atoms with Crippen LogP contribution in [0.5, 0.6) is 0 Å². The largest absolute Gasteiger partial charge is 0.464 e. The van der Waals surface area contributed by atoms with Gasteiger partial charge in [-0.25, -0.2) is 17.1 Å². The third kappa shape index (κ3) is 5.15. The van der Waals surface area contributed by atoms with Crippen molar-refractivity contribution in [1.82, 2.24) is 9.21 Å². The van der Waals surface area contributed by atoms with Crippen LogP contribution in [0.1, 0.15) is 24.4 Å². The molecule has 1 aromatic carbocycles. The normalized spacial score (nSPS) is 11.7. The molecule has 0 fully saturated rings. The van der Waals surface area contributed by atoms with Crippen molar-refractivity contribution < 1.29 is 22.0 Å². The van der Waals surface area contributed by atoms with E-state index in [1.807, 2.05) is 19.1 Å². The topological polar surface area (TPSA) is 70.8 Å². The number of nitrogens with zero attached hydrogens (tertiary/aromatic N) is 2. The fourth-order valence-corrected chi connectivity index (χ4v) is 3.65. The van der Waals surface area contributed by atoms with E-state index >= 15 is 0 Å². The zero-order chi connectivity index (χ0) is 19.3. The Labute approximate surface area is 153 Å². The van der Waals surface area contributed by atoms with Crippen LogP contribution in [-0.4, -0.2) is 44.2 Å².